The Morgan fingerprint density at radius 3 is 2.62 bits per heavy atom. The minimum absolute atomic E-state index is 0.239. The molecular weight excluding hydrogens is 200 g/mol. The van der Waals surface area contributed by atoms with Crippen LogP contribution in [0.2, 0.25) is 0 Å². The zero-order valence-corrected chi connectivity index (χ0v) is 10.5. The smallest absolute Gasteiger partial charge is 0.219 e. The van der Waals surface area contributed by atoms with Crippen LogP contribution >= 0.6 is 0 Å². The maximum absolute atomic E-state index is 11.5. The summed E-state index contributed by atoms with van der Waals surface area (Å²) in [5.74, 6) is 0.947. The average Bonchev–Trinajstić information content (AvgIpc) is 3.01. The zero-order valence-electron chi connectivity index (χ0n) is 10.5. The number of carbonyl (C=O) groups is 1. The summed E-state index contributed by atoms with van der Waals surface area (Å²) in [6.07, 6.45) is 6.40. The van der Waals surface area contributed by atoms with Crippen molar-refractivity contribution in [2.24, 2.45) is 5.92 Å². The molecule has 1 N–H and O–H groups in total. The second-order valence-corrected chi connectivity index (χ2v) is 5.45. The van der Waals surface area contributed by atoms with Gasteiger partial charge < -0.3 is 10.2 Å². The molecule has 2 atom stereocenters. The van der Waals surface area contributed by atoms with E-state index < -0.39 is 0 Å². The second kappa shape index (κ2) is 5.17. The molecule has 16 heavy (non-hydrogen) atoms. The second-order valence-electron chi connectivity index (χ2n) is 5.45. The van der Waals surface area contributed by atoms with E-state index in [1.54, 1.807) is 6.92 Å². The first kappa shape index (κ1) is 11.9. The minimum atomic E-state index is 0.239. The predicted molar refractivity (Wildman–Crippen MR) is 65.2 cm³/mol. The summed E-state index contributed by atoms with van der Waals surface area (Å²) >= 11 is 0. The molecule has 1 aliphatic heterocycles. The monoisotopic (exact) mass is 224 g/mol. The molecule has 92 valence electrons. The summed E-state index contributed by atoms with van der Waals surface area (Å²) in [6, 6.07) is 1.29. The van der Waals surface area contributed by atoms with Gasteiger partial charge in [0.2, 0.25) is 5.91 Å². The van der Waals surface area contributed by atoms with Gasteiger partial charge in [-0.3, -0.25) is 4.79 Å². The first-order valence-electron chi connectivity index (χ1n) is 6.70. The van der Waals surface area contributed by atoms with Crippen LogP contribution in [-0.2, 0) is 4.79 Å². The minimum Gasteiger partial charge on any atom is -0.341 e. The quantitative estimate of drug-likeness (QED) is 0.789. The van der Waals surface area contributed by atoms with Crippen molar-refractivity contribution < 1.29 is 4.79 Å². The first-order chi connectivity index (χ1) is 7.69. The number of piperidine rings is 1. The van der Waals surface area contributed by atoms with Gasteiger partial charge in [0.1, 0.15) is 0 Å². The fourth-order valence-electron chi connectivity index (χ4n) is 2.78. The molecule has 0 spiro atoms. The van der Waals surface area contributed by atoms with Crippen LogP contribution in [-0.4, -0.2) is 36.0 Å². The molecule has 1 saturated heterocycles. The third kappa shape index (κ3) is 3.21. The lowest BCUT2D eigenvalue weighted by Gasteiger charge is -2.38. The summed E-state index contributed by atoms with van der Waals surface area (Å²) < 4.78 is 0. The van der Waals surface area contributed by atoms with E-state index >= 15 is 0 Å². The van der Waals surface area contributed by atoms with E-state index in [2.05, 4.69) is 12.2 Å². The van der Waals surface area contributed by atoms with Crippen LogP contribution in [0.3, 0.4) is 0 Å². The summed E-state index contributed by atoms with van der Waals surface area (Å²) in [7, 11) is 0. The average molecular weight is 224 g/mol. The summed E-state index contributed by atoms with van der Waals surface area (Å²) in [5, 5.41) is 3.67. The molecule has 2 unspecified atom stereocenters. The van der Waals surface area contributed by atoms with Gasteiger partial charge in [-0.1, -0.05) is 13.3 Å². The van der Waals surface area contributed by atoms with Crippen molar-refractivity contribution in [1.29, 1.82) is 0 Å². The molecule has 0 aromatic rings. The van der Waals surface area contributed by atoms with Crippen molar-refractivity contribution >= 4 is 5.91 Å². The lowest BCUT2D eigenvalue weighted by molar-refractivity contribution is -0.131. The highest BCUT2D eigenvalue weighted by Crippen LogP contribution is 2.25. The van der Waals surface area contributed by atoms with E-state index in [4.69, 9.17) is 0 Å². The molecule has 0 bridgehead atoms. The van der Waals surface area contributed by atoms with Crippen LogP contribution in [0, 0.1) is 5.92 Å². The van der Waals surface area contributed by atoms with Crippen molar-refractivity contribution in [3.05, 3.63) is 0 Å². The molecule has 0 radical (unpaired) electrons. The van der Waals surface area contributed by atoms with Gasteiger partial charge >= 0.3 is 0 Å². The molecule has 1 aliphatic carbocycles. The van der Waals surface area contributed by atoms with Crippen molar-refractivity contribution in [3.8, 4) is 0 Å². The van der Waals surface area contributed by atoms with Crippen LogP contribution in [0.25, 0.3) is 0 Å². The number of hydrogen-bond acceptors (Lipinski definition) is 2. The van der Waals surface area contributed by atoms with Crippen molar-refractivity contribution in [2.45, 2.75) is 58.0 Å². The van der Waals surface area contributed by atoms with Gasteiger partial charge in [0.05, 0.1) is 0 Å². The van der Waals surface area contributed by atoms with Gasteiger partial charge in [-0.15, -0.1) is 0 Å². The Morgan fingerprint density at radius 1 is 1.31 bits per heavy atom. The van der Waals surface area contributed by atoms with Crippen molar-refractivity contribution in [2.75, 3.05) is 13.1 Å². The SMILES string of the molecule is CCCC1CC(NC2CC2)CN(C(C)=O)C1. The number of nitrogens with zero attached hydrogens (tertiary/aromatic N) is 1. The Hall–Kier alpha value is -0.570. The van der Waals surface area contributed by atoms with Crippen molar-refractivity contribution in [3.63, 3.8) is 0 Å². The Kier molecular flexibility index (Phi) is 3.85. The number of amides is 1. The molecule has 3 nitrogen and oxygen atoms in total. The standard InChI is InChI=1S/C13H24N2O/c1-3-4-11-7-13(14-12-5-6-12)9-15(8-11)10(2)16/h11-14H,3-9H2,1-2H3. The Balaban J connectivity index is 1.89. The van der Waals surface area contributed by atoms with Crippen LogP contribution in [0.4, 0.5) is 0 Å². The van der Waals surface area contributed by atoms with Gasteiger partial charge in [0.25, 0.3) is 0 Å². The summed E-state index contributed by atoms with van der Waals surface area (Å²) in [6.45, 7) is 5.83. The maximum atomic E-state index is 11.5. The van der Waals surface area contributed by atoms with E-state index in [0.29, 0.717) is 12.0 Å². The van der Waals surface area contributed by atoms with Gasteiger partial charge in [0.15, 0.2) is 0 Å². The summed E-state index contributed by atoms with van der Waals surface area (Å²) in [4.78, 5) is 13.5. The molecule has 0 aromatic carbocycles. The third-order valence-electron chi connectivity index (χ3n) is 3.73. The highest BCUT2D eigenvalue weighted by Gasteiger charge is 2.31. The number of hydrogen-bond donors (Lipinski definition) is 1. The first-order valence-corrected chi connectivity index (χ1v) is 6.70. The van der Waals surface area contributed by atoms with E-state index in [1.165, 1.54) is 32.1 Å². The fraction of sp³-hybridized carbons (Fsp3) is 0.923. The highest BCUT2D eigenvalue weighted by atomic mass is 16.2. The Labute approximate surface area is 98.6 Å². The van der Waals surface area contributed by atoms with Crippen LogP contribution in [0.15, 0.2) is 0 Å². The van der Waals surface area contributed by atoms with Gasteiger partial charge in [-0.2, -0.15) is 0 Å². The lowest BCUT2D eigenvalue weighted by atomic mass is 9.90. The molecule has 2 rings (SSSR count). The summed E-state index contributed by atoms with van der Waals surface area (Å²) in [5.41, 5.74) is 0. The van der Waals surface area contributed by atoms with E-state index in [1.807, 2.05) is 4.90 Å². The van der Waals surface area contributed by atoms with E-state index in [9.17, 15) is 4.79 Å². The third-order valence-corrected chi connectivity index (χ3v) is 3.73. The molecule has 0 aromatic heterocycles. The number of nitrogens with one attached hydrogen (secondary N) is 1. The topological polar surface area (TPSA) is 32.3 Å². The largest absolute Gasteiger partial charge is 0.341 e. The van der Waals surface area contributed by atoms with Crippen LogP contribution < -0.4 is 5.32 Å². The normalized spacial score (nSPS) is 30.5. The van der Waals surface area contributed by atoms with Gasteiger partial charge in [-0.25, -0.2) is 0 Å². The number of likely N-dealkylation sites (tertiary alicyclic amines) is 1. The molecular formula is C13H24N2O. The Morgan fingerprint density at radius 2 is 2.06 bits per heavy atom. The Bertz CT molecular complexity index is 250. The maximum Gasteiger partial charge on any atom is 0.219 e. The molecule has 1 amide bonds. The number of carbonyl (C=O) groups excluding carboxylic acids is 1. The van der Waals surface area contributed by atoms with E-state index in [0.717, 1.165) is 19.1 Å². The molecule has 1 saturated carbocycles. The lowest BCUT2D eigenvalue weighted by Crippen LogP contribution is -2.51. The van der Waals surface area contributed by atoms with Gasteiger partial charge in [0, 0.05) is 32.1 Å². The van der Waals surface area contributed by atoms with Crippen LogP contribution in [0.1, 0.15) is 46.0 Å². The zero-order chi connectivity index (χ0) is 11.5. The van der Waals surface area contributed by atoms with Gasteiger partial charge in [-0.05, 0) is 31.6 Å². The molecule has 2 fully saturated rings. The van der Waals surface area contributed by atoms with Crippen LogP contribution in [0.5, 0.6) is 0 Å². The molecule has 1 heterocycles. The predicted octanol–water partition coefficient (Wildman–Crippen LogP) is 1.78. The highest BCUT2D eigenvalue weighted by molar-refractivity contribution is 5.73. The molecule has 2 aliphatic rings. The fourth-order valence-corrected chi connectivity index (χ4v) is 2.78. The van der Waals surface area contributed by atoms with E-state index in [-0.39, 0.29) is 5.91 Å². The van der Waals surface area contributed by atoms with Crippen molar-refractivity contribution in [1.82, 2.24) is 10.2 Å². The number of rotatable bonds is 4. The molecule has 3 heteroatoms.